The van der Waals surface area contributed by atoms with Crippen LogP contribution in [0.15, 0.2) is 48.5 Å². The average molecular weight is 381 g/mol. The molecule has 0 radical (unpaired) electrons. The number of ether oxygens (including phenoxy) is 2. The van der Waals surface area contributed by atoms with E-state index in [9.17, 15) is 4.79 Å². The molecule has 0 atom stereocenters. The van der Waals surface area contributed by atoms with E-state index in [-0.39, 0.29) is 5.97 Å². The Morgan fingerprint density at radius 3 is 2.11 bits per heavy atom. The first-order valence-corrected chi connectivity index (χ1v) is 10.7. The molecule has 150 valence electrons. The summed E-state index contributed by atoms with van der Waals surface area (Å²) in [5.41, 5.74) is 1.90. The van der Waals surface area contributed by atoms with E-state index in [0.717, 1.165) is 18.1 Å². The summed E-state index contributed by atoms with van der Waals surface area (Å²) >= 11 is 0. The fraction of sp³-hybridized carbons (Fsp3) is 0.480. The Morgan fingerprint density at radius 1 is 0.857 bits per heavy atom. The molecule has 3 rings (SSSR count). The third-order valence-corrected chi connectivity index (χ3v) is 5.67. The minimum absolute atomic E-state index is 0.338. The van der Waals surface area contributed by atoms with E-state index >= 15 is 0 Å². The van der Waals surface area contributed by atoms with Crippen LogP contribution >= 0.6 is 0 Å². The molecule has 0 heterocycles. The van der Waals surface area contributed by atoms with Gasteiger partial charge in [0.2, 0.25) is 0 Å². The van der Waals surface area contributed by atoms with Gasteiger partial charge in [-0.15, -0.1) is 0 Å². The van der Waals surface area contributed by atoms with Gasteiger partial charge in [0.25, 0.3) is 0 Å². The van der Waals surface area contributed by atoms with E-state index in [1.165, 1.54) is 44.1 Å². The highest BCUT2D eigenvalue weighted by Gasteiger charge is 2.21. The van der Waals surface area contributed by atoms with Gasteiger partial charge in [0.05, 0.1) is 12.2 Å². The van der Waals surface area contributed by atoms with E-state index in [4.69, 9.17) is 9.47 Å². The second-order valence-electron chi connectivity index (χ2n) is 7.84. The number of hydrogen-bond donors (Lipinski definition) is 0. The SMILES string of the molecule is CCCOc1ccc(C(=O)Oc2ccc(C3CCC(CCC)CC3)cc2)cc1. The molecule has 0 spiro atoms. The van der Waals surface area contributed by atoms with Crippen LogP contribution in [-0.2, 0) is 0 Å². The van der Waals surface area contributed by atoms with Crippen molar-refractivity contribution < 1.29 is 14.3 Å². The van der Waals surface area contributed by atoms with Crippen molar-refractivity contribution in [2.75, 3.05) is 6.61 Å². The van der Waals surface area contributed by atoms with Crippen LogP contribution in [0.25, 0.3) is 0 Å². The van der Waals surface area contributed by atoms with E-state index in [2.05, 4.69) is 26.0 Å². The molecule has 0 bridgehead atoms. The first-order valence-electron chi connectivity index (χ1n) is 10.7. The molecule has 28 heavy (non-hydrogen) atoms. The van der Waals surface area contributed by atoms with Crippen molar-refractivity contribution >= 4 is 5.97 Å². The zero-order valence-electron chi connectivity index (χ0n) is 17.2. The fourth-order valence-electron chi connectivity index (χ4n) is 4.07. The molecule has 1 aliphatic rings. The topological polar surface area (TPSA) is 35.5 Å². The molecule has 2 aromatic rings. The minimum Gasteiger partial charge on any atom is -0.494 e. The maximum Gasteiger partial charge on any atom is 0.343 e. The molecule has 0 N–H and O–H groups in total. The summed E-state index contributed by atoms with van der Waals surface area (Å²) in [4.78, 5) is 12.4. The van der Waals surface area contributed by atoms with Gasteiger partial charge in [0.1, 0.15) is 11.5 Å². The van der Waals surface area contributed by atoms with E-state index < -0.39 is 0 Å². The number of esters is 1. The van der Waals surface area contributed by atoms with Crippen LogP contribution in [0.1, 0.15) is 80.6 Å². The maximum atomic E-state index is 12.4. The Hall–Kier alpha value is -2.29. The van der Waals surface area contributed by atoms with Crippen molar-refractivity contribution in [2.24, 2.45) is 5.92 Å². The second-order valence-corrected chi connectivity index (χ2v) is 7.84. The van der Waals surface area contributed by atoms with Gasteiger partial charge < -0.3 is 9.47 Å². The third-order valence-electron chi connectivity index (χ3n) is 5.67. The van der Waals surface area contributed by atoms with Gasteiger partial charge in [0, 0.05) is 0 Å². The van der Waals surface area contributed by atoms with Crippen LogP contribution in [0.4, 0.5) is 0 Å². The molecule has 1 saturated carbocycles. The van der Waals surface area contributed by atoms with Crippen LogP contribution in [-0.4, -0.2) is 12.6 Å². The van der Waals surface area contributed by atoms with Crippen LogP contribution in [0, 0.1) is 5.92 Å². The zero-order chi connectivity index (χ0) is 19.8. The van der Waals surface area contributed by atoms with Gasteiger partial charge in [-0.05, 0) is 85.9 Å². The zero-order valence-corrected chi connectivity index (χ0v) is 17.2. The van der Waals surface area contributed by atoms with Crippen molar-refractivity contribution in [3.8, 4) is 11.5 Å². The van der Waals surface area contributed by atoms with Crippen molar-refractivity contribution in [1.82, 2.24) is 0 Å². The van der Waals surface area contributed by atoms with E-state index in [1.807, 2.05) is 24.3 Å². The molecule has 2 aromatic carbocycles. The minimum atomic E-state index is -0.338. The van der Waals surface area contributed by atoms with Gasteiger partial charge >= 0.3 is 5.97 Å². The summed E-state index contributed by atoms with van der Waals surface area (Å²) in [5, 5.41) is 0. The quantitative estimate of drug-likeness (QED) is 0.374. The number of hydrogen-bond acceptors (Lipinski definition) is 3. The summed E-state index contributed by atoms with van der Waals surface area (Å²) in [7, 11) is 0. The van der Waals surface area contributed by atoms with Gasteiger partial charge in [-0.25, -0.2) is 4.79 Å². The molecule has 1 aliphatic carbocycles. The summed E-state index contributed by atoms with van der Waals surface area (Å²) in [6, 6.07) is 15.2. The van der Waals surface area contributed by atoms with Crippen LogP contribution in [0.3, 0.4) is 0 Å². The molecule has 0 saturated heterocycles. The lowest BCUT2D eigenvalue weighted by Gasteiger charge is -2.28. The Morgan fingerprint density at radius 2 is 1.50 bits per heavy atom. The van der Waals surface area contributed by atoms with Crippen LogP contribution in [0.5, 0.6) is 11.5 Å². The van der Waals surface area contributed by atoms with Crippen molar-refractivity contribution in [3.05, 3.63) is 59.7 Å². The molecule has 0 unspecified atom stereocenters. The molecular weight excluding hydrogens is 348 g/mol. The summed E-state index contributed by atoms with van der Waals surface area (Å²) in [5.74, 6) is 2.60. The van der Waals surface area contributed by atoms with Gasteiger partial charge in [-0.3, -0.25) is 0 Å². The monoisotopic (exact) mass is 380 g/mol. The summed E-state index contributed by atoms with van der Waals surface area (Å²) in [6.45, 7) is 5.02. The smallest absolute Gasteiger partial charge is 0.343 e. The molecule has 0 amide bonds. The lowest BCUT2D eigenvalue weighted by Crippen LogP contribution is -2.13. The maximum absolute atomic E-state index is 12.4. The summed E-state index contributed by atoms with van der Waals surface area (Å²) in [6.07, 6.45) is 8.85. The lowest BCUT2D eigenvalue weighted by atomic mass is 9.77. The first-order chi connectivity index (χ1) is 13.7. The predicted molar refractivity (Wildman–Crippen MR) is 113 cm³/mol. The Balaban J connectivity index is 1.53. The van der Waals surface area contributed by atoms with Gasteiger partial charge in [-0.1, -0.05) is 38.8 Å². The largest absolute Gasteiger partial charge is 0.494 e. The summed E-state index contributed by atoms with van der Waals surface area (Å²) < 4.78 is 11.1. The molecule has 3 nitrogen and oxygen atoms in total. The number of rotatable bonds is 8. The number of carbonyl (C=O) groups excluding carboxylic acids is 1. The van der Waals surface area contributed by atoms with Gasteiger partial charge in [-0.2, -0.15) is 0 Å². The highest BCUT2D eigenvalue weighted by atomic mass is 16.5. The molecule has 1 fully saturated rings. The molecule has 0 aliphatic heterocycles. The normalized spacial score (nSPS) is 19.2. The molecule has 3 heteroatoms. The molecule has 0 aromatic heterocycles. The number of carbonyl (C=O) groups is 1. The van der Waals surface area contributed by atoms with Crippen molar-refractivity contribution in [2.45, 2.75) is 64.7 Å². The lowest BCUT2D eigenvalue weighted by molar-refractivity contribution is 0.0734. The standard InChI is InChI=1S/C25H32O3/c1-3-5-19-6-8-20(9-7-19)21-10-16-24(17-11-21)28-25(26)22-12-14-23(15-13-22)27-18-4-2/h10-17,19-20H,3-9,18H2,1-2H3. The Bertz CT molecular complexity index is 725. The first kappa shape index (κ1) is 20.4. The highest BCUT2D eigenvalue weighted by molar-refractivity contribution is 5.91. The van der Waals surface area contributed by atoms with Crippen LogP contribution in [0.2, 0.25) is 0 Å². The average Bonchev–Trinajstić information content (AvgIpc) is 2.74. The second kappa shape index (κ2) is 10.3. The van der Waals surface area contributed by atoms with Gasteiger partial charge in [0.15, 0.2) is 0 Å². The third kappa shape index (κ3) is 5.60. The van der Waals surface area contributed by atoms with Crippen molar-refractivity contribution in [1.29, 1.82) is 0 Å². The number of benzene rings is 2. The van der Waals surface area contributed by atoms with Crippen LogP contribution < -0.4 is 9.47 Å². The predicted octanol–water partition coefficient (Wildman–Crippen LogP) is 6.77. The van der Waals surface area contributed by atoms with E-state index in [1.54, 1.807) is 12.1 Å². The molecular formula is C25H32O3. The Kier molecular flexibility index (Phi) is 7.53. The van der Waals surface area contributed by atoms with E-state index in [0.29, 0.717) is 23.8 Å². The highest BCUT2D eigenvalue weighted by Crippen LogP contribution is 2.37. The van der Waals surface area contributed by atoms with Crippen molar-refractivity contribution in [3.63, 3.8) is 0 Å². The fourth-order valence-corrected chi connectivity index (χ4v) is 4.07. The Labute approximate surface area is 169 Å².